The van der Waals surface area contributed by atoms with Crippen LogP contribution in [0.2, 0.25) is 0 Å². The molecule has 0 heterocycles. The summed E-state index contributed by atoms with van der Waals surface area (Å²) in [5, 5.41) is 21.9. The Hall–Kier alpha value is -2.57. The molecule has 0 fully saturated rings. The largest absolute Gasteiger partial charge is 0.481 e. The Kier molecular flexibility index (Phi) is 5.52. The second-order valence-electron chi connectivity index (χ2n) is 4.29. The highest BCUT2D eigenvalue weighted by molar-refractivity contribution is 5.80. The summed E-state index contributed by atoms with van der Waals surface area (Å²) in [6.45, 7) is 1.32. The van der Waals surface area contributed by atoms with E-state index in [0.717, 1.165) is 5.56 Å². The number of aryl methyl sites for hydroxylation is 1. The zero-order valence-electron chi connectivity index (χ0n) is 10.9. The summed E-state index contributed by atoms with van der Waals surface area (Å²) in [6.07, 6.45) is -0.288. The van der Waals surface area contributed by atoms with E-state index in [1.807, 2.05) is 13.0 Å². The first-order valence-corrected chi connectivity index (χ1v) is 5.93. The molecule has 4 N–H and O–H groups in total. The molecular formula is C13H16N2O5. The number of rotatable bonds is 6. The predicted octanol–water partition coefficient (Wildman–Crippen LogP) is 0.895. The number of carboxylic acid groups (broad SMARTS) is 2. The maximum absolute atomic E-state index is 11.5. The Bertz CT molecular complexity index is 515. The van der Waals surface area contributed by atoms with Crippen LogP contribution in [0.25, 0.3) is 0 Å². The smallest absolute Gasteiger partial charge is 0.323 e. The van der Waals surface area contributed by atoms with Gasteiger partial charge in [0.2, 0.25) is 0 Å². The third-order valence-corrected chi connectivity index (χ3v) is 2.53. The summed E-state index contributed by atoms with van der Waals surface area (Å²) >= 11 is 0. The molecule has 1 rings (SSSR count). The Morgan fingerprint density at radius 1 is 1.20 bits per heavy atom. The van der Waals surface area contributed by atoms with Gasteiger partial charge in [0.1, 0.15) is 6.54 Å². The normalized spacial score (nSPS) is 11.4. The van der Waals surface area contributed by atoms with E-state index in [1.54, 1.807) is 18.2 Å². The van der Waals surface area contributed by atoms with Crippen molar-refractivity contribution >= 4 is 18.0 Å². The van der Waals surface area contributed by atoms with E-state index in [1.165, 1.54) is 0 Å². The molecule has 2 amide bonds. The number of urea groups is 1. The number of hydrogen-bond acceptors (Lipinski definition) is 3. The molecule has 1 aromatic rings. The van der Waals surface area contributed by atoms with Crippen LogP contribution in [0.1, 0.15) is 23.6 Å². The van der Waals surface area contributed by atoms with Crippen LogP contribution in [-0.2, 0) is 9.59 Å². The van der Waals surface area contributed by atoms with Gasteiger partial charge in [0.15, 0.2) is 0 Å². The van der Waals surface area contributed by atoms with Crippen LogP contribution >= 0.6 is 0 Å². The van der Waals surface area contributed by atoms with Crippen LogP contribution in [0.3, 0.4) is 0 Å². The zero-order chi connectivity index (χ0) is 15.1. The summed E-state index contributed by atoms with van der Waals surface area (Å²) < 4.78 is 0. The van der Waals surface area contributed by atoms with Gasteiger partial charge in [-0.05, 0) is 12.5 Å². The fraction of sp³-hybridized carbons (Fsp3) is 0.308. The average molecular weight is 280 g/mol. The van der Waals surface area contributed by atoms with Crippen molar-refractivity contribution in [2.45, 2.75) is 19.4 Å². The Morgan fingerprint density at radius 3 is 2.45 bits per heavy atom. The van der Waals surface area contributed by atoms with Crippen LogP contribution in [0.4, 0.5) is 4.79 Å². The molecule has 0 saturated heterocycles. The first kappa shape index (κ1) is 15.5. The van der Waals surface area contributed by atoms with Gasteiger partial charge in [0, 0.05) is 0 Å². The van der Waals surface area contributed by atoms with Gasteiger partial charge in [0.05, 0.1) is 12.5 Å². The highest BCUT2D eigenvalue weighted by atomic mass is 16.4. The molecule has 0 aliphatic rings. The standard InChI is InChI=1S/C13H16N2O5/c1-8-3-2-4-9(5-8)10(6-11(16)17)15-13(20)14-7-12(18)19/h2-5,10H,6-7H2,1H3,(H,16,17)(H,18,19)(H2,14,15,20). The summed E-state index contributed by atoms with van der Waals surface area (Å²) in [5.74, 6) is -2.24. The van der Waals surface area contributed by atoms with Crippen LogP contribution in [-0.4, -0.2) is 34.7 Å². The minimum Gasteiger partial charge on any atom is -0.481 e. The van der Waals surface area contributed by atoms with Gasteiger partial charge in [0.25, 0.3) is 0 Å². The lowest BCUT2D eigenvalue weighted by Gasteiger charge is -2.18. The molecule has 0 saturated carbocycles. The number of hydrogen-bond donors (Lipinski definition) is 4. The van der Waals surface area contributed by atoms with E-state index in [-0.39, 0.29) is 6.42 Å². The number of amides is 2. The first-order valence-electron chi connectivity index (χ1n) is 5.93. The minimum absolute atomic E-state index is 0.288. The van der Waals surface area contributed by atoms with Gasteiger partial charge in [-0.3, -0.25) is 9.59 Å². The summed E-state index contributed by atoms with van der Waals surface area (Å²) in [5.41, 5.74) is 1.59. The van der Waals surface area contributed by atoms with E-state index in [0.29, 0.717) is 5.56 Å². The van der Waals surface area contributed by atoms with Crippen molar-refractivity contribution < 1.29 is 24.6 Å². The third-order valence-electron chi connectivity index (χ3n) is 2.53. The van der Waals surface area contributed by atoms with Crippen LogP contribution in [0.5, 0.6) is 0 Å². The molecule has 1 atom stereocenters. The van der Waals surface area contributed by atoms with Crippen molar-refractivity contribution in [1.82, 2.24) is 10.6 Å². The molecule has 20 heavy (non-hydrogen) atoms. The van der Waals surface area contributed by atoms with Gasteiger partial charge < -0.3 is 20.8 Å². The van der Waals surface area contributed by atoms with Crippen LogP contribution in [0.15, 0.2) is 24.3 Å². The lowest BCUT2D eigenvalue weighted by atomic mass is 10.0. The van der Waals surface area contributed by atoms with Crippen molar-refractivity contribution in [3.63, 3.8) is 0 Å². The first-order chi connectivity index (χ1) is 9.38. The topological polar surface area (TPSA) is 116 Å². The van der Waals surface area contributed by atoms with Gasteiger partial charge in [-0.1, -0.05) is 29.8 Å². The quantitative estimate of drug-likeness (QED) is 0.617. The molecule has 0 aliphatic carbocycles. The van der Waals surface area contributed by atoms with E-state index >= 15 is 0 Å². The summed E-state index contributed by atoms with van der Waals surface area (Å²) in [6, 6.07) is 5.65. The maximum atomic E-state index is 11.5. The molecule has 0 aromatic heterocycles. The van der Waals surface area contributed by atoms with Gasteiger partial charge in [-0.25, -0.2) is 4.79 Å². The fourth-order valence-electron chi connectivity index (χ4n) is 1.68. The second kappa shape index (κ2) is 7.13. The van der Waals surface area contributed by atoms with Crippen LogP contribution in [0, 0.1) is 6.92 Å². The molecule has 1 unspecified atom stereocenters. The summed E-state index contributed by atoms with van der Waals surface area (Å²) in [4.78, 5) is 32.7. The molecule has 0 spiro atoms. The number of carbonyl (C=O) groups excluding carboxylic acids is 1. The van der Waals surface area contributed by atoms with Crippen LogP contribution < -0.4 is 10.6 Å². The highest BCUT2D eigenvalue weighted by Crippen LogP contribution is 2.18. The number of carbonyl (C=O) groups is 3. The lowest BCUT2D eigenvalue weighted by Crippen LogP contribution is -2.40. The number of nitrogens with one attached hydrogen (secondary N) is 2. The second-order valence-corrected chi connectivity index (χ2v) is 4.29. The van der Waals surface area contributed by atoms with Gasteiger partial charge >= 0.3 is 18.0 Å². The van der Waals surface area contributed by atoms with Crippen molar-refractivity contribution in [1.29, 1.82) is 0 Å². The average Bonchev–Trinajstić information content (AvgIpc) is 2.35. The molecular weight excluding hydrogens is 264 g/mol. The Morgan fingerprint density at radius 2 is 1.90 bits per heavy atom. The SMILES string of the molecule is Cc1cccc(C(CC(=O)O)NC(=O)NCC(=O)O)c1. The molecule has 0 radical (unpaired) electrons. The van der Waals surface area contributed by atoms with E-state index in [2.05, 4.69) is 10.6 Å². The van der Waals surface area contributed by atoms with Crippen molar-refractivity contribution in [3.05, 3.63) is 35.4 Å². The Labute approximate surface area is 115 Å². The lowest BCUT2D eigenvalue weighted by molar-refractivity contribution is -0.138. The number of carboxylic acids is 2. The van der Waals surface area contributed by atoms with Gasteiger partial charge in [-0.2, -0.15) is 0 Å². The minimum atomic E-state index is -1.18. The fourth-order valence-corrected chi connectivity index (χ4v) is 1.68. The predicted molar refractivity (Wildman–Crippen MR) is 70.3 cm³/mol. The van der Waals surface area contributed by atoms with Crippen molar-refractivity contribution in [2.24, 2.45) is 0 Å². The molecule has 1 aromatic carbocycles. The zero-order valence-corrected chi connectivity index (χ0v) is 10.9. The Balaban J connectivity index is 2.77. The number of aliphatic carboxylic acids is 2. The van der Waals surface area contributed by atoms with Crippen molar-refractivity contribution in [3.8, 4) is 0 Å². The van der Waals surface area contributed by atoms with Crippen molar-refractivity contribution in [2.75, 3.05) is 6.54 Å². The maximum Gasteiger partial charge on any atom is 0.323 e. The molecule has 7 nitrogen and oxygen atoms in total. The number of benzene rings is 1. The molecule has 7 heteroatoms. The third kappa shape index (κ3) is 5.38. The summed E-state index contributed by atoms with van der Waals surface area (Å²) in [7, 11) is 0. The molecule has 0 aliphatic heterocycles. The van der Waals surface area contributed by atoms with E-state index in [9.17, 15) is 14.4 Å². The molecule has 108 valence electrons. The monoisotopic (exact) mass is 280 g/mol. The highest BCUT2D eigenvalue weighted by Gasteiger charge is 2.18. The van der Waals surface area contributed by atoms with Gasteiger partial charge in [-0.15, -0.1) is 0 Å². The van der Waals surface area contributed by atoms with E-state index < -0.39 is 30.6 Å². The van der Waals surface area contributed by atoms with E-state index in [4.69, 9.17) is 10.2 Å². The molecule has 0 bridgehead atoms.